The number of nitrogens with two attached hydrogens (primary N) is 1. The SMILES string of the molecule is N#Cc1c(N)ncnc1NCCc1cc2ccccn2c1-c1cccs1. The van der Waals surface area contributed by atoms with Crippen molar-refractivity contribution in [2.24, 2.45) is 0 Å². The number of anilines is 2. The van der Waals surface area contributed by atoms with Crippen molar-refractivity contribution in [1.82, 2.24) is 14.4 Å². The standard InChI is InChI=1S/C19H16N6S/c20-11-15-18(21)23-12-24-19(15)22-7-6-13-10-14-4-1-2-8-25(14)17(13)16-5-3-9-26-16/h1-5,8-10,12H,6-7H2,(H3,21,22,23,24). The van der Waals surface area contributed by atoms with Gasteiger partial charge in [0.25, 0.3) is 0 Å². The lowest BCUT2D eigenvalue weighted by Gasteiger charge is -2.09. The summed E-state index contributed by atoms with van der Waals surface area (Å²) in [6, 6.07) is 14.6. The first-order valence-electron chi connectivity index (χ1n) is 8.15. The van der Waals surface area contributed by atoms with E-state index in [4.69, 9.17) is 5.73 Å². The maximum Gasteiger partial charge on any atom is 0.149 e. The third-order valence-electron chi connectivity index (χ3n) is 4.19. The number of nitrogen functional groups attached to an aromatic ring is 1. The molecule has 4 heterocycles. The molecule has 0 saturated carbocycles. The normalized spacial score (nSPS) is 10.7. The molecular formula is C19H16N6S. The maximum atomic E-state index is 9.23. The van der Waals surface area contributed by atoms with Crippen molar-refractivity contribution in [3.8, 4) is 16.6 Å². The lowest BCUT2D eigenvalue weighted by Crippen LogP contribution is -2.10. The Kier molecular flexibility index (Phi) is 4.25. The van der Waals surface area contributed by atoms with E-state index in [0.29, 0.717) is 12.4 Å². The minimum absolute atomic E-state index is 0.193. The molecule has 0 amide bonds. The highest BCUT2D eigenvalue weighted by atomic mass is 32.1. The highest BCUT2D eigenvalue weighted by Crippen LogP contribution is 2.31. The van der Waals surface area contributed by atoms with Gasteiger partial charge in [0.2, 0.25) is 0 Å². The Morgan fingerprint density at radius 2 is 2.15 bits per heavy atom. The van der Waals surface area contributed by atoms with Crippen LogP contribution in [0.4, 0.5) is 11.6 Å². The van der Waals surface area contributed by atoms with Crippen LogP contribution < -0.4 is 11.1 Å². The Balaban J connectivity index is 1.62. The number of rotatable bonds is 5. The summed E-state index contributed by atoms with van der Waals surface area (Å²) >= 11 is 1.73. The molecule has 26 heavy (non-hydrogen) atoms. The molecular weight excluding hydrogens is 344 g/mol. The molecule has 4 aromatic rings. The predicted octanol–water partition coefficient (Wildman–Crippen LogP) is 3.57. The van der Waals surface area contributed by atoms with Crippen molar-refractivity contribution in [3.63, 3.8) is 0 Å². The highest BCUT2D eigenvalue weighted by Gasteiger charge is 2.13. The first-order valence-corrected chi connectivity index (χ1v) is 9.03. The maximum absolute atomic E-state index is 9.23. The molecule has 7 heteroatoms. The number of hydrogen-bond donors (Lipinski definition) is 2. The average Bonchev–Trinajstić information content (AvgIpc) is 3.28. The van der Waals surface area contributed by atoms with Crippen LogP contribution in [-0.2, 0) is 6.42 Å². The molecule has 0 aliphatic carbocycles. The van der Waals surface area contributed by atoms with Gasteiger partial charge in [0.05, 0.1) is 10.6 Å². The van der Waals surface area contributed by atoms with Crippen molar-refractivity contribution < 1.29 is 0 Å². The second-order valence-corrected chi connectivity index (χ2v) is 6.71. The molecule has 4 aromatic heterocycles. The lowest BCUT2D eigenvalue weighted by molar-refractivity contribution is 0.998. The van der Waals surface area contributed by atoms with Crippen LogP contribution in [0.25, 0.3) is 16.1 Å². The number of thiophene rings is 1. The molecule has 0 radical (unpaired) electrons. The van der Waals surface area contributed by atoms with Gasteiger partial charge in [-0.1, -0.05) is 12.1 Å². The second kappa shape index (κ2) is 6.86. The van der Waals surface area contributed by atoms with Crippen molar-refractivity contribution >= 4 is 28.5 Å². The zero-order chi connectivity index (χ0) is 17.9. The summed E-state index contributed by atoms with van der Waals surface area (Å²) in [4.78, 5) is 9.22. The lowest BCUT2D eigenvalue weighted by atomic mass is 10.1. The van der Waals surface area contributed by atoms with Gasteiger partial charge in [0.15, 0.2) is 0 Å². The highest BCUT2D eigenvalue weighted by molar-refractivity contribution is 7.13. The van der Waals surface area contributed by atoms with Gasteiger partial charge in [0.1, 0.15) is 29.6 Å². The van der Waals surface area contributed by atoms with E-state index in [0.717, 1.165) is 11.9 Å². The van der Waals surface area contributed by atoms with Crippen molar-refractivity contribution in [3.05, 3.63) is 65.4 Å². The number of nitrogens with one attached hydrogen (secondary N) is 1. The smallest absolute Gasteiger partial charge is 0.149 e. The van der Waals surface area contributed by atoms with Crippen LogP contribution in [0.15, 0.2) is 54.3 Å². The van der Waals surface area contributed by atoms with Crippen LogP contribution >= 0.6 is 11.3 Å². The fourth-order valence-electron chi connectivity index (χ4n) is 3.02. The van der Waals surface area contributed by atoms with E-state index in [2.05, 4.69) is 61.6 Å². The van der Waals surface area contributed by atoms with Gasteiger partial charge in [-0.05, 0) is 41.6 Å². The van der Waals surface area contributed by atoms with Gasteiger partial charge in [-0.25, -0.2) is 9.97 Å². The number of nitriles is 1. The van der Waals surface area contributed by atoms with Crippen LogP contribution in [-0.4, -0.2) is 20.9 Å². The van der Waals surface area contributed by atoms with Crippen LogP contribution in [0, 0.1) is 11.3 Å². The third kappa shape index (κ3) is 2.87. The fourth-order valence-corrected chi connectivity index (χ4v) is 3.82. The monoisotopic (exact) mass is 360 g/mol. The Labute approximate surface area is 154 Å². The van der Waals surface area contributed by atoms with E-state index in [1.807, 2.05) is 12.1 Å². The van der Waals surface area contributed by atoms with Gasteiger partial charge in [-0.2, -0.15) is 5.26 Å². The van der Waals surface area contributed by atoms with Crippen molar-refractivity contribution in [2.45, 2.75) is 6.42 Å². The summed E-state index contributed by atoms with van der Waals surface area (Å²) in [5, 5.41) is 14.5. The fraction of sp³-hybridized carbons (Fsp3) is 0.105. The summed E-state index contributed by atoms with van der Waals surface area (Å²) in [6.45, 7) is 0.639. The van der Waals surface area contributed by atoms with Crippen LogP contribution in [0.1, 0.15) is 11.1 Å². The van der Waals surface area contributed by atoms with E-state index in [-0.39, 0.29) is 11.4 Å². The summed E-state index contributed by atoms with van der Waals surface area (Å²) < 4.78 is 2.21. The van der Waals surface area contributed by atoms with E-state index in [1.54, 1.807) is 11.3 Å². The Hall–Kier alpha value is -3.37. The summed E-state index contributed by atoms with van der Waals surface area (Å²) in [5.74, 6) is 0.667. The predicted molar refractivity (Wildman–Crippen MR) is 104 cm³/mol. The third-order valence-corrected chi connectivity index (χ3v) is 5.06. The van der Waals surface area contributed by atoms with Crippen molar-refractivity contribution in [1.29, 1.82) is 5.26 Å². The molecule has 3 N–H and O–H groups in total. The van der Waals surface area contributed by atoms with Gasteiger partial charge < -0.3 is 15.5 Å². The molecule has 0 spiro atoms. The molecule has 4 rings (SSSR count). The van der Waals surface area contributed by atoms with Gasteiger partial charge in [0, 0.05) is 18.3 Å². The second-order valence-electron chi connectivity index (χ2n) is 5.76. The Morgan fingerprint density at radius 3 is 2.96 bits per heavy atom. The van der Waals surface area contributed by atoms with E-state index in [9.17, 15) is 5.26 Å². The van der Waals surface area contributed by atoms with Crippen LogP contribution in [0.5, 0.6) is 0 Å². The van der Waals surface area contributed by atoms with Gasteiger partial charge >= 0.3 is 0 Å². The van der Waals surface area contributed by atoms with Crippen molar-refractivity contribution in [2.75, 3.05) is 17.6 Å². The molecule has 0 saturated heterocycles. The first kappa shape index (κ1) is 16.1. The number of hydrogen-bond acceptors (Lipinski definition) is 6. The molecule has 0 atom stereocenters. The topological polar surface area (TPSA) is 92.0 Å². The van der Waals surface area contributed by atoms with Gasteiger partial charge in [-0.15, -0.1) is 11.3 Å². The van der Waals surface area contributed by atoms with Crippen LogP contribution in [0.3, 0.4) is 0 Å². The zero-order valence-electron chi connectivity index (χ0n) is 13.9. The van der Waals surface area contributed by atoms with E-state index < -0.39 is 0 Å². The number of aromatic nitrogens is 3. The molecule has 0 bridgehead atoms. The largest absolute Gasteiger partial charge is 0.382 e. The zero-order valence-corrected chi connectivity index (χ0v) is 14.7. The molecule has 0 fully saturated rings. The Morgan fingerprint density at radius 1 is 1.23 bits per heavy atom. The number of pyridine rings is 1. The molecule has 128 valence electrons. The molecule has 0 unspecified atom stereocenters. The summed E-state index contributed by atoms with van der Waals surface area (Å²) in [7, 11) is 0. The first-order chi connectivity index (χ1) is 12.8. The summed E-state index contributed by atoms with van der Waals surface area (Å²) in [6.07, 6.45) is 4.24. The number of fused-ring (bicyclic) bond motifs is 1. The number of nitrogens with zero attached hydrogens (tertiary/aromatic N) is 4. The Bertz CT molecular complexity index is 1090. The molecule has 0 aromatic carbocycles. The van der Waals surface area contributed by atoms with E-state index >= 15 is 0 Å². The minimum Gasteiger partial charge on any atom is -0.382 e. The average molecular weight is 360 g/mol. The quantitative estimate of drug-likeness (QED) is 0.568. The summed E-state index contributed by atoms with van der Waals surface area (Å²) in [5.41, 5.74) is 9.64. The molecule has 0 aliphatic rings. The molecule has 0 aliphatic heterocycles. The molecule has 6 nitrogen and oxygen atoms in total. The van der Waals surface area contributed by atoms with E-state index in [1.165, 1.54) is 22.5 Å². The minimum atomic E-state index is 0.193. The van der Waals surface area contributed by atoms with Gasteiger partial charge in [-0.3, -0.25) is 0 Å². The van der Waals surface area contributed by atoms with Crippen LogP contribution in [0.2, 0.25) is 0 Å².